The molecule has 0 bridgehead atoms. The van der Waals surface area contributed by atoms with Crippen LogP contribution in [0.15, 0.2) is 72.9 Å². The molecule has 0 saturated carbocycles. The van der Waals surface area contributed by atoms with Gasteiger partial charge in [-0.2, -0.15) is 0 Å². The Labute approximate surface area is 202 Å². The van der Waals surface area contributed by atoms with Gasteiger partial charge in [-0.25, -0.2) is 9.36 Å². The van der Waals surface area contributed by atoms with Gasteiger partial charge in [0.2, 0.25) is 5.91 Å². The molecule has 34 heavy (non-hydrogen) atoms. The highest BCUT2D eigenvalue weighted by molar-refractivity contribution is 7.46. The summed E-state index contributed by atoms with van der Waals surface area (Å²) in [6, 6.07) is -1.52. The van der Waals surface area contributed by atoms with Crippen molar-refractivity contribution in [1.29, 1.82) is 0 Å². The predicted molar refractivity (Wildman–Crippen MR) is 135 cm³/mol. The standard InChI is InChI=1S/C25H38NO7P/c1-2-3-4-5-6-7-8-9-10-11-12-13-14-15-16-17-18-19-20-21-24(27)26-23(25(28)29)22-33-34(30,31)32/h3-4,6-7,9-10,12-13,15-16,18-19,23H,2,5,8,11,14,17,20-22H2,1H3,(H,26,27)(H,28,29)(H2,30,31,32)/b4-3?,7-6?,10-9?,13-12?,16-15?,19-18-/t23-/m0/s1. The third-order valence-corrected chi connectivity index (χ3v) is 4.66. The van der Waals surface area contributed by atoms with E-state index in [-0.39, 0.29) is 6.42 Å². The molecule has 0 unspecified atom stereocenters. The third kappa shape index (κ3) is 22.7. The second-order valence-corrected chi connectivity index (χ2v) is 8.44. The molecule has 0 radical (unpaired) electrons. The number of carbonyl (C=O) groups is 2. The molecule has 0 aliphatic rings. The number of rotatable bonds is 19. The Morgan fingerprint density at radius 1 is 0.794 bits per heavy atom. The first kappa shape index (κ1) is 31.5. The second kappa shape index (κ2) is 21.1. The number of aliphatic carboxylic acids is 1. The maximum Gasteiger partial charge on any atom is 0.469 e. The Bertz CT molecular complexity index is 791. The molecule has 0 heterocycles. The van der Waals surface area contributed by atoms with E-state index in [1.807, 2.05) is 18.2 Å². The third-order valence-electron chi connectivity index (χ3n) is 4.18. The van der Waals surface area contributed by atoms with E-state index in [1.165, 1.54) is 0 Å². The average Bonchev–Trinajstić information content (AvgIpc) is 2.77. The van der Waals surface area contributed by atoms with Gasteiger partial charge >= 0.3 is 13.8 Å². The summed E-state index contributed by atoms with van der Waals surface area (Å²) in [5.41, 5.74) is 0. The van der Waals surface area contributed by atoms with Crippen molar-refractivity contribution in [2.45, 2.75) is 64.3 Å². The number of amides is 1. The first-order chi connectivity index (χ1) is 16.3. The van der Waals surface area contributed by atoms with Crippen molar-refractivity contribution >= 4 is 19.7 Å². The molecule has 1 amide bonds. The van der Waals surface area contributed by atoms with Crippen LogP contribution in [0.1, 0.15) is 58.3 Å². The zero-order valence-corrected chi connectivity index (χ0v) is 20.7. The Morgan fingerprint density at radius 2 is 1.21 bits per heavy atom. The first-order valence-corrected chi connectivity index (χ1v) is 12.9. The number of carboxylic acids is 1. The summed E-state index contributed by atoms with van der Waals surface area (Å²) in [5.74, 6) is -1.98. The lowest BCUT2D eigenvalue weighted by molar-refractivity contribution is -0.142. The Balaban J connectivity index is 3.88. The van der Waals surface area contributed by atoms with Crippen molar-refractivity contribution in [3.63, 3.8) is 0 Å². The van der Waals surface area contributed by atoms with Gasteiger partial charge in [-0.15, -0.1) is 0 Å². The fourth-order valence-corrected chi connectivity index (χ4v) is 2.81. The maximum absolute atomic E-state index is 11.8. The molecule has 0 saturated heterocycles. The molecule has 0 rings (SSSR count). The largest absolute Gasteiger partial charge is 0.480 e. The molecular weight excluding hydrogens is 457 g/mol. The van der Waals surface area contributed by atoms with Crippen LogP contribution in [0, 0.1) is 0 Å². The lowest BCUT2D eigenvalue weighted by Crippen LogP contribution is -2.43. The number of allylic oxidation sites excluding steroid dienone is 12. The van der Waals surface area contributed by atoms with Crippen molar-refractivity contribution in [3.05, 3.63) is 72.9 Å². The van der Waals surface area contributed by atoms with Crippen LogP contribution in [0.5, 0.6) is 0 Å². The fraction of sp³-hybridized carbons (Fsp3) is 0.440. The molecule has 1 atom stereocenters. The quantitative estimate of drug-likeness (QED) is 0.144. The smallest absolute Gasteiger partial charge is 0.469 e. The number of carboxylic acid groups (broad SMARTS) is 1. The minimum Gasteiger partial charge on any atom is -0.480 e. The number of phosphoric ester groups is 1. The van der Waals surface area contributed by atoms with Crippen LogP contribution in [0.2, 0.25) is 0 Å². The van der Waals surface area contributed by atoms with E-state index in [1.54, 1.807) is 0 Å². The molecular formula is C25H38NO7P. The normalized spacial score (nSPS) is 14.0. The highest BCUT2D eigenvalue weighted by Crippen LogP contribution is 2.35. The van der Waals surface area contributed by atoms with Crippen molar-refractivity contribution in [3.8, 4) is 0 Å². The van der Waals surface area contributed by atoms with Crippen molar-refractivity contribution in [2.75, 3.05) is 6.61 Å². The van der Waals surface area contributed by atoms with Crippen LogP contribution in [0.4, 0.5) is 0 Å². The molecule has 0 aliphatic heterocycles. The SMILES string of the molecule is CCC=CCC=CCC=CCC=CCC=CC/C=C\CCC(=O)N[C@@H](COP(=O)(O)O)C(=O)O. The number of carbonyl (C=O) groups excluding carboxylic acids is 1. The van der Waals surface area contributed by atoms with Gasteiger partial charge < -0.3 is 20.2 Å². The summed E-state index contributed by atoms with van der Waals surface area (Å²) in [5, 5.41) is 11.1. The van der Waals surface area contributed by atoms with E-state index in [0.29, 0.717) is 6.42 Å². The first-order valence-electron chi connectivity index (χ1n) is 11.4. The average molecular weight is 496 g/mol. The lowest BCUT2D eigenvalue weighted by Gasteiger charge is -2.14. The summed E-state index contributed by atoms with van der Waals surface area (Å²) in [6.07, 6.45) is 31.0. The minimum absolute atomic E-state index is 0.0574. The van der Waals surface area contributed by atoms with E-state index in [2.05, 4.69) is 71.4 Å². The van der Waals surface area contributed by atoms with E-state index in [0.717, 1.165) is 38.5 Å². The minimum atomic E-state index is -4.80. The van der Waals surface area contributed by atoms with Crippen molar-refractivity contribution in [2.24, 2.45) is 0 Å². The van der Waals surface area contributed by atoms with E-state index in [9.17, 15) is 14.2 Å². The van der Waals surface area contributed by atoms with Crippen LogP contribution in [0.25, 0.3) is 0 Å². The molecule has 4 N–H and O–H groups in total. The molecule has 8 nitrogen and oxygen atoms in total. The van der Waals surface area contributed by atoms with Gasteiger partial charge in [0.1, 0.15) is 0 Å². The van der Waals surface area contributed by atoms with Gasteiger partial charge in [-0.3, -0.25) is 9.32 Å². The van der Waals surface area contributed by atoms with E-state index >= 15 is 0 Å². The summed E-state index contributed by atoms with van der Waals surface area (Å²) in [6.45, 7) is 1.31. The van der Waals surface area contributed by atoms with Crippen LogP contribution in [0.3, 0.4) is 0 Å². The van der Waals surface area contributed by atoms with Crippen LogP contribution in [-0.2, 0) is 18.7 Å². The number of hydrogen-bond acceptors (Lipinski definition) is 4. The monoisotopic (exact) mass is 495 g/mol. The molecule has 190 valence electrons. The molecule has 9 heteroatoms. The summed E-state index contributed by atoms with van der Waals surface area (Å²) < 4.78 is 14.8. The molecule has 0 spiro atoms. The second-order valence-electron chi connectivity index (χ2n) is 7.20. The maximum atomic E-state index is 11.8. The summed E-state index contributed by atoms with van der Waals surface area (Å²) in [4.78, 5) is 40.0. The Morgan fingerprint density at radius 3 is 1.59 bits per heavy atom. The van der Waals surface area contributed by atoms with Gasteiger partial charge in [-0.05, 0) is 44.9 Å². The van der Waals surface area contributed by atoms with Crippen LogP contribution in [-0.4, -0.2) is 39.4 Å². The van der Waals surface area contributed by atoms with Gasteiger partial charge in [0, 0.05) is 6.42 Å². The van der Waals surface area contributed by atoms with Gasteiger partial charge in [0.05, 0.1) is 6.61 Å². The van der Waals surface area contributed by atoms with Crippen molar-refractivity contribution < 1.29 is 33.6 Å². The number of nitrogens with one attached hydrogen (secondary N) is 1. The molecule has 0 aromatic rings. The molecule has 0 aromatic carbocycles. The zero-order valence-electron chi connectivity index (χ0n) is 19.8. The Hall–Kier alpha value is -2.51. The van der Waals surface area contributed by atoms with Gasteiger partial charge in [-0.1, -0.05) is 79.8 Å². The van der Waals surface area contributed by atoms with Crippen molar-refractivity contribution in [1.82, 2.24) is 5.32 Å². The van der Waals surface area contributed by atoms with Crippen LogP contribution >= 0.6 is 7.82 Å². The number of phosphoric acid groups is 1. The lowest BCUT2D eigenvalue weighted by atomic mass is 10.2. The topological polar surface area (TPSA) is 133 Å². The van der Waals surface area contributed by atoms with Crippen LogP contribution < -0.4 is 5.32 Å². The summed E-state index contributed by atoms with van der Waals surface area (Å²) in [7, 11) is -4.80. The fourth-order valence-electron chi connectivity index (χ4n) is 2.47. The van der Waals surface area contributed by atoms with Gasteiger partial charge in [0.15, 0.2) is 6.04 Å². The predicted octanol–water partition coefficient (Wildman–Crippen LogP) is 5.14. The Kier molecular flexibility index (Phi) is 19.5. The van der Waals surface area contributed by atoms with E-state index in [4.69, 9.17) is 14.9 Å². The highest BCUT2D eigenvalue weighted by atomic mass is 31.2. The van der Waals surface area contributed by atoms with Gasteiger partial charge in [0.25, 0.3) is 0 Å². The molecule has 0 aromatic heterocycles. The number of hydrogen-bond donors (Lipinski definition) is 4. The molecule has 0 fully saturated rings. The molecule has 0 aliphatic carbocycles. The van der Waals surface area contributed by atoms with E-state index < -0.39 is 32.3 Å². The highest BCUT2D eigenvalue weighted by Gasteiger charge is 2.24. The zero-order chi connectivity index (χ0) is 25.5. The summed E-state index contributed by atoms with van der Waals surface area (Å²) >= 11 is 0.